The van der Waals surface area contributed by atoms with Gasteiger partial charge in [-0.15, -0.1) is 37.2 Å². The van der Waals surface area contributed by atoms with Gasteiger partial charge in [0.1, 0.15) is 0 Å². The minimum absolute atomic E-state index is 0. The Hall–Kier alpha value is 0.150. The molecule has 4 bridgehead atoms. The number of aliphatic hydroxyl groups excluding tert-OH is 2. The first-order chi connectivity index (χ1) is 17.2. The van der Waals surface area contributed by atoms with E-state index in [1.165, 1.54) is 64.3 Å². The van der Waals surface area contributed by atoms with Gasteiger partial charge in [-0.3, -0.25) is 9.80 Å². The maximum Gasteiger partial charge on any atom is 0.0558 e. The van der Waals surface area contributed by atoms with Gasteiger partial charge in [-0.05, 0) is 106 Å². The number of likely N-dealkylation sites (tertiary alicyclic amines) is 1. The molecule has 1 heterocycles. The van der Waals surface area contributed by atoms with Gasteiger partial charge in [0.15, 0.2) is 0 Å². The van der Waals surface area contributed by atoms with Crippen molar-refractivity contribution in [1.29, 1.82) is 0 Å². The van der Waals surface area contributed by atoms with E-state index in [-0.39, 0.29) is 50.4 Å². The van der Waals surface area contributed by atoms with Crippen LogP contribution in [0.2, 0.25) is 0 Å². The second kappa shape index (κ2) is 17.2. The smallest absolute Gasteiger partial charge is 0.0558 e. The van der Waals surface area contributed by atoms with Crippen molar-refractivity contribution in [1.82, 2.24) is 15.1 Å². The molecule has 3 N–H and O–H groups in total. The van der Waals surface area contributed by atoms with Crippen LogP contribution in [0.3, 0.4) is 0 Å². The average molecular weight is 595 g/mol. The molecule has 1 saturated heterocycles. The van der Waals surface area contributed by atoms with E-state index in [9.17, 15) is 10.2 Å². The molecule has 5 aliphatic rings. The molecule has 0 radical (unpaired) electrons. The van der Waals surface area contributed by atoms with Crippen LogP contribution in [0.15, 0.2) is 24.3 Å². The molecule has 5 rings (SSSR count). The highest BCUT2D eigenvalue weighted by Gasteiger charge is 2.41. The van der Waals surface area contributed by atoms with Gasteiger partial charge >= 0.3 is 0 Å². The van der Waals surface area contributed by atoms with Gasteiger partial charge < -0.3 is 15.5 Å². The number of nitrogens with zero attached hydrogens (tertiary/aromatic N) is 2. The van der Waals surface area contributed by atoms with Gasteiger partial charge in [0.05, 0.1) is 13.2 Å². The Kier molecular flexibility index (Phi) is 15.5. The Morgan fingerprint density at radius 1 is 0.816 bits per heavy atom. The number of aliphatic hydroxyl groups is 2. The first kappa shape index (κ1) is 34.4. The maximum atomic E-state index is 9.34. The summed E-state index contributed by atoms with van der Waals surface area (Å²) < 4.78 is 0. The van der Waals surface area contributed by atoms with Crippen molar-refractivity contribution in [3.8, 4) is 0 Å². The highest BCUT2D eigenvalue weighted by Crippen LogP contribution is 2.48. The van der Waals surface area contributed by atoms with Gasteiger partial charge in [0.2, 0.25) is 0 Å². The minimum atomic E-state index is 0. The number of fused-ring (bicyclic) bond motifs is 4. The number of hydrogen-bond acceptors (Lipinski definition) is 5. The molecule has 8 atom stereocenters. The van der Waals surface area contributed by atoms with E-state index in [1.807, 2.05) is 0 Å². The van der Waals surface area contributed by atoms with Crippen LogP contribution >= 0.6 is 37.2 Å². The van der Waals surface area contributed by atoms with Gasteiger partial charge in [0, 0.05) is 38.3 Å². The zero-order valence-corrected chi connectivity index (χ0v) is 25.6. The standard InChI is InChI=1S/C30H51N3O2.3ClH/c34-17-15-32(16-18-35)13-10-28-3-1-2-12-33(28)14-11-31-30(29-22-24-5-7-27(29)21-24)9-8-26-20-23-4-6-25(26)19-23;;;/h4-7,23-31,34-35H,1-3,8-22H2;3*1H. The SMILES string of the molecule is Cl.Cl.Cl.OCCN(CCO)CCC1CCCCN1CCNC(CCC1CC2C=CC1C2)C1CC2C=CC1C2. The molecule has 8 heteroatoms. The van der Waals surface area contributed by atoms with Crippen molar-refractivity contribution in [3.63, 3.8) is 0 Å². The van der Waals surface area contributed by atoms with Crippen molar-refractivity contribution >= 4 is 37.2 Å². The fraction of sp³-hybridized carbons (Fsp3) is 0.867. The van der Waals surface area contributed by atoms with Gasteiger partial charge in [-0.25, -0.2) is 0 Å². The van der Waals surface area contributed by atoms with Crippen LogP contribution < -0.4 is 5.32 Å². The third kappa shape index (κ3) is 8.82. The highest BCUT2D eigenvalue weighted by atomic mass is 35.5. The third-order valence-electron chi connectivity index (χ3n) is 10.3. The lowest BCUT2D eigenvalue weighted by Gasteiger charge is -2.38. The number of halogens is 3. The molecule has 0 spiro atoms. The quantitative estimate of drug-likeness (QED) is 0.234. The molecule has 1 aliphatic heterocycles. The highest BCUT2D eigenvalue weighted by molar-refractivity contribution is 5.86. The van der Waals surface area contributed by atoms with Gasteiger partial charge in [-0.2, -0.15) is 0 Å². The van der Waals surface area contributed by atoms with E-state index in [0.717, 1.165) is 61.6 Å². The van der Waals surface area contributed by atoms with Crippen molar-refractivity contribution in [2.24, 2.45) is 35.5 Å². The largest absolute Gasteiger partial charge is 0.395 e. The van der Waals surface area contributed by atoms with Crippen molar-refractivity contribution in [2.75, 3.05) is 52.5 Å². The zero-order valence-electron chi connectivity index (χ0n) is 23.2. The molecule has 38 heavy (non-hydrogen) atoms. The van der Waals surface area contributed by atoms with E-state index in [1.54, 1.807) is 0 Å². The monoisotopic (exact) mass is 593 g/mol. The summed E-state index contributed by atoms with van der Waals surface area (Å²) >= 11 is 0. The molecule has 2 saturated carbocycles. The third-order valence-corrected chi connectivity index (χ3v) is 10.3. The molecule has 8 unspecified atom stereocenters. The van der Waals surface area contributed by atoms with Crippen LogP contribution in [0.5, 0.6) is 0 Å². The number of allylic oxidation sites excluding steroid dienone is 4. The molecule has 0 aromatic rings. The fourth-order valence-corrected chi connectivity index (χ4v) is 8.40. The molecular weight excluding hydrogens is 541 g/mol. The molecule has 5 nitrogen and oxygen atoms in total. The lowest BCUT2D eigenvalue weighted by Crippen LogP contribution is -2.47. The van der Waals surface area contributed by atoms with Crippen LogP contribution in [0.25, 0.3) is 0 Å². The lowest BCUT2D eigenvalue weighted by molar-refractivity contribution is 0.109. The molecule has 222 valence electrons. The number of hydrogen-bond donors (Lipinski definition) is 3. The molecule has 3 fully saturated rings. The van der Waals surface area contributed by atoms with E-state index in [2.05, 4.69) is 39.4 Å². The summed E-state index contributed by atoms with van der Waals surface area (Å²) in [6.07, 6.45) is 23.6. The molecule has 4 aliphatic carbocycles. The first-order valence-electron chi connectivity index (χ1n) is 15.0. The number of rotatable bonds is 15. The second-order valence-corrected chi connectivity index (χ2v) is 12.4. The fourth-order valence-electron chi connectivity index (χ4n) is 8.40. The summed E-state index contributed by atoms with van der Waals surface area (Å²) in [5.41, 5.74) is 0. The van der Waals surface area contributed by atoms with E-state index >= 15 is 0 Å². The van der Waals surface area contributed by atoms with Crippen molar-refractivity contribution in [2.45, 2.75) is 76.3 Å². The number of piperidine rings is 1. The van der Waals surface area contributed by atoms with E-state index < -0.39 is 0 Å². The molecule has 0 aromatic carbocycles. The van der Waals surface area contributed by atoms with Crippen LogP contribution in [0.4, 0.5) is 0 Å². The Balaban J connectivity index is 0.00000169. The predicted molar refractivity (Wildman–Crippen MR) is 165 cm³/mol. The lowest BCUT2D eigenvalue weighted by atomic mass is 9.81. The average Bonchev–Trinajstić information content (AvgIpc) is 3.68. The summed E-state index contributed by atoms with van der Waals surface area (Å²) in [5, 5.41) is 22.8. The van der Waals surface area contributed by atoms with Gasteiger partial charge in [-0.1, -0.05) is 30.7 Å². The van der Waals surface area contributed by atoms with Crippen molar-refractivity contribution < 1.29 is 10.2 Å². The minimum Gasteiger partial charge on any atom is -0.395 e. The predicted octanol–water partition coefficient (Wildman–Crippen LogP) is 4.95. The van der Waals surface area contributed by atoms with Gasteiger partial charge in [0.25, 0.3) is 0 Å². The van der Waals surface area contributed by atoms with Crippen LogP contribution in [-0.4, -0.2) is 84.6 Å². The zero-order chi connectivity index (χ0) is 24.0. The second-order valence-electron chi connectivity index (χ2n) is 12.4. The van der Waals surface area contributed by atoms with E-state index in [4.69, 9.17) is 0 Å². The van der Waals surface area contributed by atoms with Crippen LogP contribution in [0.1, 0.15) is 64.2 Å². The Labute approximate surface area is 250 Å². The van der Waals surface area contributed by atoms with Crippen molar-refractivity contribution in [3.05, 3.63) is 24.3 Å². The summed E-state index contributed by atoms with van der Waals surface area (Å²) in [4.78, 5) is 4.96. The molecule has 0 amide bonds. The first-order valence-corrected chi connectivity index (χ1v) is 15.0. The Bertz CT molecular complexity index is 721. The van der Waals surface area contributed by atoms with E-state index in [0.29, 0.717) is 25.2 Å². The Morgan fingerprint density at radius 2 is 1.53 bits per heavy atom. The molecule has 0 aromatic heterocycles. The summed E-state index contributed by atoms with van der Waals surface area (Å²) in [5.74, 6) is 5.24. The summed E-state index contributed by atoms with van der Waals surface area (Å²) in [6, 6.07) is 1.33. The van der Waals surface area contributed by atoms with Crippen LogP contribution in [-0.2, 0) is 0 Å². The molecular formula is C30H54Cl3N3O2. The number of nitrogens with one attached hydrogen (secondary N) is 1. The Morgan fingerprint density at radius 3 is 2.13 bits per heavy atom. The summed E-state index contributed by atoms with van der Waals surface area (Å²) in [7, 11) is 0. The maximum absolute atomic E-state index is 9.34. The topological polar surface area (TPSA) is 59.0 Å². The normalized spacial score (nSPS) is 33.8. The summed E-state index contributed by atoms with van der Waals surface area (Å²) in [6.45, 7) is 6.19. The van der Waals surface area contributed by atoms with Crippen LogP contribution in [0, 0.1) is 35.5 Å².